The Balaban J connectivity index is 1.58. The summed E-state index contributed by atoms with van der Waals surface area (Å²) in [6.45, 7) is 1.86. The van der Waals surface area contributed by atoms with Crippen molar-refractivity contribution in [3.8, 4) is 0 Å². The predicted molar refractivity (Wildman–Crippen MR) is 91.0 cm³/mol. The molecule has 3 rings (SSSR count). The summed E-state index contributed by atoms with van der Waals surface area (Å²) in [5.74, 6) is 0. The number of carbonyl (C=O) groups is 1. The summed E-state index contributed by atoms with van der Waals surface area (Å²) in [6.07, 6.45) is -0.414. The molecule has 2 aromatic carbocycles. The normalized spacial score (nSPS) is 17.8. The van der Waals surface area contributed by atoms with Crippen LogP contribution in [0.5, 0.6) is 0 Å². The first-order chi connectivity index (χ1) is 11.2. The molecule has 0 bridgehead atoms. The molecule has 4 nitrogen and oxygen atoms in total. The van der Waals surface area contributed by atoms with Gasteiger partial charge in [0.05, 0.1) is 13.2 Å². The summed E-state index contributed by atoms with van der Waals surface area (Å²) in [5, 5.41) is 0. The van der Waals surface area contributed by atoms with Gasteiger partial charge in [-0.05, 0) is 23.3 Å². The molecule has 1 saturated heterocycles. The fraction of sp³-hybridized carbons (Fsp3) is 0.278. The van der Waals surface area contributed by atoms with Gasteiger partial charge in [0.2, 0.25) is 0 Å². The monoisotopic (exact) mass is 375 g/mol. The molecule has 5 heteroatoms. The Morgan fingerprint density at radius 1 is 1.22 bits per heavy atom. The highest BCUT2D eigenvalue weighted by atomic mass is 79.9. The first kappa shape index (κ1) is 16.0. The summed E-state index contributed by atoms with van der Waals surface area (Å²) < 4.78 is 12.2. The van der Waals surface area contributed by atoms with Gasteiger partial charge in [-0.1, -0.05) is 58.4 Å². The zero-order valence-electron chi connectivity index (χ0n) is 12.7. The van der Waals surface area contributed by atoms with Crippen LogP contribution in [0.3, 0.4) is 0 Å². The number of rotatable bonds is 3. The summed E-state index contributed by atoms with van der Waals surface area (Å²) in [6, 6.07) is 17.7. The molecule has 0 N–H and O–H groups in total. The molecule has 0 saturated carbocycles. The van der Waals surface area contributed by atoms with Crippen LogP contribution in [0.1, 0.15) is 17.2 Å². The Hall–Kier alpha value is -1.85. The van der Waals surface area contributed by atoms with Gasteiger partial charge in [-0.3, -0.25) is 0 Å². The number of nitrogens with zero attached hydrogens (tertiary/aromatic N) is 1. The number of ether oxygens (including phenoxy) is 2. The number of amides is 1. The molecule has 2 aromatic rings. The number of hydrogen-bond donors (Lipinski definition) is 0. The lowest BCUT2D eigenvalue weighted by Crippen LogP contribution is -2.42. The molecule has 0 aromatic heterocycles. The van der Waals surface area contributed by atoms with E-state index in [9.17, 15) is 4.79 Å². The predicted octanol–water partition coefficient (Wildman–Crippen LogP) is 4.16. The van der Waals surface area contributed by atoms with Gasteiger partial charge in [0.1, 0.15) is 12.7 Å². The van der Waals surface area contributed by atoms with Gasteiger partial charge < -0.3 is 14.4 Å². The third-order valence-corrected chi connectivity index (χ3v) is 4.24. The molecule has 120 valence electrons. The van der Waals surface area contributed by atoms with Crippen molar-refractivity contribution < 1.29 is 14.3 Å². The van der Waals surface area contributed by atoms with Crippen molar-refractivity contribution in [2.75, 3.05) is 19.7 Å². The van der Waals surface area contributed by atoms with Crippen molar-refractivity contribution in [3.63, 3.8) is 0 Å². The Morgan fingerprint density at radius 3 is 2.83 bits per heavy atom. The van der Waals surface area contributed by atoms with E-state index in [2.05, 4.69) is 15.9 Å². The number of benzene rings is 2. The van der Waals surface area contributed by atoms with Crippen LogP contribution in [-0.2, 0) is 16.1 Å². The van der Waals surface area contributed by atoms with Gasteiger partial charge >= 0.3 is 6.09 Å². The van der Waals surface area contributed by atoms with E-state index in [-0.39, 0.29) is 12.2 Å². The Morgan fingerprint density at radius 2 is 2.04 bits per heavy atom. The lowest BCUT2D eigenvalue weighted by atomic mass is 10.1. The molecular weight excluding hydrogens is 358 g/mol. The summed E-state index contributed by atoms with van der Waals surface area (Å²) in [4.78, 5) is 14.0. The number of morpholine rings is 1. The highest BCUT2D eigenvalue weighted by Crippen LogP contribution is 2.25. The van der Waals surface area contributed by atoms with Crippen molar-refractivity contribution in [2.45, 2.75) is 12.7 Å². The van der Waals surface area contributed by atoms with E-state index in [1.54, 1.807) is 4.90 Å². The Kier molecular flexibility index (Phi) is 5.31. The van der Waals surface area contributed by atoms with Crippen molar-refractivity contribution in [1.82, 2.24) is 4.90 Å². The van der Waals surface area contributed by atoms with Gasteiger partial charge in [-0.2, -0.15) is 0 Å². The first-order valence-electron chi connectivity index (χ1n) is 7.55. The molecular formula is C18H18BrNO3. The molecule has 0 spiro atoms. The standard InChI is InChI=1S/C18H18BrNO3/c19-16-8-4-7-15(11-16)17-12-20(9-10-22-17)18(21)23-13-14-5-2-1-3-6-14/h1-8,11,17H,9-10,12-13H2. The van der Waals surface area contributed by atoms with Crippen LogP contribution >= 0.6 is 15.9 Å². The van der Waals surface area contributed by atoms with Gasteiger partial charge in [-0.25, -0.2) is 4.79 Å². The van der Waals surface area contributed by atoms with Crippen LogP contribution in [0.2, 0.25) is 0 Å². The quantitative estimate of drug-likeness (QED) is 0.808. The van der Waals surface area contributed by atoms with Crippen molar-refractivity contribution >= 4 is 22.0 Å². The van der Waals surface area contributed by atoms with Crippen LogP contribution in [0, 0.1) is 0 Å². The van der Waals surface area contributed by atoms with Crippen LogP contribution in [0.4, 0.5) is 4.79 Å². The van der Waals surface area contributed by atoms with Crippen molar-refractivity contribution in [1.29, 1.82) is 0 Å². The van der Waals surface area contributed by atoms with E-state index in [1.807, 2.05) is 54.6 Å². The maximum absolute atomic E-state index is 12.3. The Bertz CT molecular complexity index is 662. The second kappa shape index (κ2) is 7.62. The topological polar surface area (TPSA) is 38.8 Å². The third-order valence-electron chi connectivity index (χ3n) is 3.75. The van der Waals surface area contributed by atoms with Gasteiger partial charge in [-0.15, -0.1) is 0 Å². The maximum Gasteiger partial charge on any atom is 0.410 e. The van der Waals surface area contributed by atoms with Gasteiger partial charge in [0.25, 0.3) is 0 Å². The lowest BCUT2D eigenvalue weighted by Gasteiger charge is -2.32. The maximum atomic E-state index is 12.3. The molecule has 0 radical (unpaired) electrons. The molecule has 1 aliphatic heterocycles. The second-order valence-corrected chi connectivity index (χ2v) is 6.32. The molecule has 1 atom stereocenters. The molecule has 1 aliphatic rings. The largest absolute Gasteiger partial charge is 0.445 e. The van der Waals surface area contributed by atoms with Crippen LogP contribution in [0.25, 0.3) is 0 Å². The van der Waals surface area contributed by atoms with Crippen LogP contribution in [-0.4, -0.2) is 30.7 Å². The summed E-state index contributed by atoms with van der Waals surface area (Å²) in [5.41, 5.74) is 2.04. The number of halogens is 1. The highest BCUT2D eigenvalue weighted by Gasteiger charge is 2.26. The number of carbonyl (C=O) groups excluding carboxylic acids is 1. The summed E-state index contributed by atoms with van der Waals surface area (Å²) in [7, 11) is 0. The second-order valence-electron chi connectivity index (χ2n) is 5.40. The molecule has 1 amide bonds. The van der Waals surface area contributed by atoms with E-state index in [0.29, 0.717) is 26.3 Å². The highest BCUT2D eigenvalue weighted by molar-refractivity contribution is 9.10. The first-order valence-corrected chi connectivity index (χ1v) is 8.34. The van der Waals surface area contributed by atoms with Crippen LogP contribution in [0.15, 0.2) is 59.1 Å². The van der Waals surface area contributed by atoms with Crippen LogP contribution < -0.4 is 0 Å². The van der Waals surface area contributed by atoms with E-state index >= 15 is 0 Å². The SMILES string of the molecule is O=C(OCc1ccccc1)N1CCOC(c2cccc(Br)c2)C1. The molecule has 23 heavy (non-hydrogen) atoms. The van der Waals surface area contributed by atoms with E-state index in [1.165, 1.54) is 0 Å². The molecule has 1 heterocycles. The minimum atomic E-state index is -0.294. The number of hydrogen-bond acceptors (Lipinski definition) is 3. The van der Waals surface area contributed by atoms with Gasteiger partial charge in [0.15, 0.2) is 0 Å². The Labute approximate surface area is 144 Å². The minimum absolute atomic E-state index is 0.120. The fourth-order valence-corrected chi connectivity index (χ4v) is 2.95. The minimum Gasteiger partial charge on any atom is -0.445 e. The molecule has 1 fully saturated rings. The van der Waals surface area contributed by atoms with E-state index < -0.39 is 0 Å². The smallest absolute Gasteiger partial charge is 0.410 e. The zero-order chi connectivity index (χ0) is 16.1. The lowest BCUT2D eigenvalue weighted by molar-refractivity contribution is -0.0296. The zero-order valence-corrected chi connectivity index (χ0v) is 14.2. The average molecular weight is 376 g/mol. The van der Waals surface area contributed by atoms with E-state index in [0.717, 1.165) is 15.6 Å². The van der Waals surface area contributed by atoms with Gasteiger partial charge in [0, 0.05) is 11.0 Å². The average Bonchev–Trinajstić information content (AvgIpc) is 2.61. The summed E-state index contributed by atoms with van der Waals surface area (Å²) >= 11 is 3.46. The third kappa shape index (κ3) is 4.33. The van der Waals surface area contributed by atoms with E-state index in [4.69, 9.17) is 9.47 Å². The van der Waals surface area contributed by atoms with Crippen molar-refractivity contribution in [2.24, 2.45) is 0 Å². The van der Waals surface area contributed by atoms with Crippen molar-refractivity contribution in [3.05, 3.63) is 70.2 Å². The molecule has 1 unspecified atom stereocenters. The molecule has 0 aliphatic carbocycles. The fourth-order valence-electron chi connectivity index (χ4n) is 2.53.